The number of Topliss-reactive ketones (excluding diaryl/α,β-unsaturated/α-hetero) is 2. The Hall–Kier alpha value is -6.14. The van der Waals surface area contributed by atoms with Gasteiger partial charge >= 0.3 is 23.9 Å². The lowest BCUT2D eigenvalue weighted by Gasteiger charge is -2.61. The van der Waals surface area contributed by atoms with Crippen molar-refractivity contribution in [2.24, 2.45) is 75.9 Å². The maximum atomic E-state index is 14.5. The zero-order valence-electron chi connectivity index (χ0n) is 57.6. The Morgan fingerprint density at radius 2 is 1.01 bits per heavy atom. The van der Waals surface area contributed by atoms with E-state index in [1.807, 2.05) is 65.8 Å². The number of esters is 4. The Kier molecular flexibility index (Phi) is 22.4. The number of ketones is 2. The molecular weight excluding hydrogens is 1200 g/mol. The molecule has 95 heavy (non-hydrogen) atoms. The largest absolute Gasteiger partial charge is 0.454 e. The van der Waals surface area contributed by atoms with Crippen LogP contribution < -0.4 is 0 Å². The van der Waals surface area contributed by atoms with E-state index in [4.69, 9.17) is 47.4 Å². The molecule has 0 spiro atoms. The second-order valence-electron chi connectivity index (χ2n) is 29.7. The Labute approximate surface area is 562 Å². The van der Waals surface area contributed by atoms with Crippen molar-refractivity contribution in [3.05, 3.63) is 144 Å². The molecule has 0 amide bonds. The summed E-state index contributed by atoms with van der Waals surface area (Å²) in [6.07, 6.45) is 1.50. The fourth-order valence-electron chi connectivity index (χ4n) is 18.0. The fraction of sp³-hybridized carbons (Fsp3) is 0.620. The molecule has 16 heteroatoms. The van der Waals surface area contributed by atoms with Gasteiger partial charge in [-0.1, -0.05) is 142 Å². The quantitative estimate of drug-likeness (QED) is 0.0409. The van der Waals surface area contributed by atoms with Crippen LogP contribution in [0, 0.1) is 75.9 Å². The van der Waals surface area contributed by atoms with Gasteiger partial charge in [0.05, 0.1) is 59.4 Å². The number of hydrogen-bond donors (Lipinski definition) is 0. The predicted molar refractivity (Wildman–Crippen MR) is 355 cm³/mol. The van der Waals surface area contributed by atoms with E-state index in [9.17, 15) is 28.8 Å². The Morgan fingerprint density at radius 3 is 1.55 bits per heavy atom. The summed E-state index contributed by atoms with van der Waals surface area (Å²) >= 11 is 0. The molecule has 0 bridgehead atoms. The van der Waals surface area contributed by atoms with Crippen LogP contribution in [0.1, 0.15) is 195 Å². The molecule has 7 aliphatic rings. The van der Waals surface area contributed by atoms with Crippen LogP contribution in [0.15, 0.2) is 121 Å². The zero-order chi connectivity index (χ0) is 67.5. The maximum Gasteiger partial charge on any atom is 0.338 e. The van der Waals surface area contributed by atoms with Crippen molar-refractivity contribution < 1.29 is 76.1 Å². The van der Waals surface area contributed by atoms with E-state index < -0.39 is 85.3 Å². The highest BCUT2D eigenvalue weighted by Gasteiger charge is 2.64. The van der Waals surface area contributed by atoms with E-state index in [2.05, 4.69) is 34.6 Å². The second kappa shape index (κ2) is 30.3. The van der Waals surface area contributed by atoms with Crippen LogP contribution in [0.3, 0.4) is 0 Å². The molecule has 4 saturated carbocycles. The van der Waals surface area contributed by atoms with Crippen molar-refractivity contribution in [2.45, 2.75) is 227 Å². The summed E-state index contributed by atoms with van der Waals surface area (Å²) in [7, 11) is 0. The molecule has 4 aliphatic carbocycles. The molecule has 4 aromatic rings. The highest BCUT2D eigenvalue weighted by molar-refractivity contribution is 5.93. The summed E-state index contributed by atoms with van der Waals surface area (Å²) in [6.45, 7) is 23.2. The van der Waals surface area contributed by atoms with Gasteiger partial charge in [0.2, 0.25) is 0 Å². The lowest BCUT2D eigenvalue weighted by Crippen LogP contribution is -2.60. The topological polar surface area (TPSA) is 195 Å². The number of ether oxygens (including phenoxy) is 10. The van der Waals surface area contributed by atoms with E-state index in [0.29, 0.717) is 72.1 Å². The fourth-order valence-corrected chi connectivity index (χ4v) is 18.0. The number of hydrogen-bond acceptors (Lipinski definition) is 16. The normalized spacial score (nSPS) is 37.4. The van der Waals surface area contributed by atoms with Gasteiger partial charge in [0.25, 0.3) is 0 Å². The van der Waals surface area contributed by atoms with Gasteiger partial charge in [0.1, 0.15) is 23.8 Å². The van der Waals surface area contributed by atoms with Crippen LogP contribution in [-0.4, -0.2) is 116 Å². The molecule has 0 radical (unpaired) electrons. The molecule has 3 saturated heterocycles. The Morgan fingerprint density at radius 1 is 0.516 bits per heavy atom. The first kappa shape index (κ1) is 70.2. The van der Waals surface area contributed by atoms with E-state index in [1.165, 1.54) is 0 Å². The van der Waals surface area contributed by atoms with Gasteiger partial charge in [-0.25, -0.2) is 19.2 Å². The molecule has 11 rings (SSSR count). The van der Waals surface area contributed by atoms with Gasteiger partial charge in [-0.15, -0.1) is 0 Å². The van der Waals surface area contributed by atoms with Gasteiger partial charge in [-0.05, 0) is 166 Å². The summed E-state index contributed by atoms with van der Waals surface area (Å²) in [5.74, 6) is -1.96. The highest BCUT2D eigenvalue weighted by Crippen LogP contribution is 2.68. The van der Waals surface area contributed by atoms with Crippen molar-refractivity contribution >= 4 is 35.4 Å². The maximum absolute atomic E-state index is 14.5. The first-order valence-corrected chi connectivity index (χ1v) is 35.6. The van der Waals surface area contributed by atoms with E-state index in [1.54, 1.807) is 97.1 Å². The number of fused-ring (bicyclic) bond motifs is 5. The lowest BCUT2D eigenvalue weighted by molar-refractivity contribution is -0.339. The molecule has 4 aromatic carbocycles. The third-order valence-electron chi connectivity index (χ3n) is 24.1. The minimum absolute atomic E-state index is 0.0148. The number of rotatable bonds is 22. The van der Waals surface area contributed by atoms with Gasteiger partial charge in [0, 0.05) is 42.4 Å². The third-order valence-corrected chi connectivity index (χ3v) is 24.1. The number of carbonyl (C=O) groups excluding carboxylic acids is 6. The van der Waals surface area contributed by atoms with Crippen molar-refractivity contribution in [1.29, 1.82) is 0 Å². The van der Waals surface area contributed by atoms with Crippen molar-refractivity contribution in [1.82, 2.24) is 0 Å². The average Bonchev–Trinajstić information content (AvgIpc) is 1.67. The molecular formula is C79H102O16. The van der Waals surface area contributed by atoms with Gasteiger partial charge in [-0.2, -0.15) is 0 Å². The number of carbonyl (C=O) groups is 6. The molecule has 14 unspecified atom stereocenters. The molecule has 16 nitrogen and oxygen atoms in total. The smallest absolute Gasteiger partial charge is 0.338 e. The zero-order valence-corrected chi connectivity index (χ0v) is 57.6. The highest BCUT2D eigenvalue weighted by atomic mass is 16.7. The second-order valence-corrected chi connectivity index (χ2v) is 29.7. The predicted octanol–water partition coefficient (Wildman–Crippen LogP) is 14.7. The van der Waals surface area contributed by atoms with Crippen molar-refractivity contribution in [2.75, 3.05) is 6.61 Å². The number of benzene rings is 4. The van der Waals surface area contributed by atoms with E-state index in [0.717, 1.165) is 44.9 Å². The first-order valence-electron chi connectivity index (χ1n) is 35.6. The van der Waals surface area contributed by atoms with Crippen LogP contribution in [0.5, 0.6) is 0 Å². The van der Waals surface area contributed by atoms with Crippen molar-refractivity contribution in [3.63, 3.8) is 0 Å². The molecule has 3 aliphatic heterocycles. The minimum atomic E-state index is -1.08. The summed E-state index contributed by atoms with van der Waals surface area (Å²) in [5, 5.41) is 0. The summed E-state index contributed by atoms with van der Waals surface area (Å²) in [4.78, 5) is 83.7. The van der Waals surface area contributed by atoms with Crippen molar-refractivity contribution in [3.8, 4) is 0 Å². The summed E-state index contributed by atoms with van der Waals surface area (Å²) in [6, 6.07) is 34.9. The van der Waals surface area contributed by atoms with Gasteiger partial charge in [-0.3, -0.25) is 9.59 Å². The average molecular weight is 1310 g/mol. The summed E-state index contributed by atoms with van der Waals surface area (Å²) < 4.78 is 65.6. The molecule has 0 aromatic heterocycles. The molecule has 7 fully saturated rings. The van der Waals surface area contributed by atoms with Gasteiger partial charge < -0.3 is 47.4 Å². The molecule has 3 heterocycles. The molecule has 25 atom stereocenters. The van der Waals surface area contributed by atoms with Gasteiger partial charge in [0.15, 0.2) is 31.1 Å². The lowest BCUT2D eigenvalue weighted by atomic mass is 9.44. The summed E-state index contributed by atoms with van der Waals surface area (Å²) in [5.41, 5.74) is 1.30. The molecule has 514 valence electrons. The van der Waals surface area contributed by atoms with Crippen LogP contribution >= 0.6 is 0 Å². The van der Waals surface area contributed by atoms with E-state index >= 15 is 0 Å². The van der Waals surface area contributed by atoms with E-state index in [-0.39, 0.29) is 88.7 Å². The van der Waals surface area contributed by atoms with Crippen LogP contribution in [0.4, 0.5) is 0 Å². The third kappa shape index (κ3) is 14.8. The Balaban J connectivity index is 0.690. The minimum Gasteiger partial charge on any atom is -0.454 e. The van der Waals surface area contributed by atoms with Crippen LogP contribution in [0.25, 0.3) is 0 Å². The van der Waals surface area contributed by atoms with Crippen LogP contribution in [0.2, 0.25) is 0 Å². The Bertz CT molecular complexity index is 3250. The molecule has 0 N–H and O–H groups in total. The standard InChI is InChI=1S/C79H102O16/c1-12-63-50(8)68(92-72(83)53-28-20-15-21-29-53)69(93-73(84)54-30-22-16-23-31-54)76(89-63)86-44-45(3)34-37-61(80)49(7)65-62(81)43-60-58-36-35-56-42-57(38-40-78(56,10)59(58)39-41-79(60,65)11)88-75-47(5)46(4)66(64(13-2)90-75)95-77-70(94-74(85)55-32-24-17-25-33-55)67(48(6)51(9)87-77)91-71(82)52-26-18-14-19-27-52/h14-33,45-51,56-60,63-70,75-77H,12-13,34-44H2,1-11H3/t45-,46+,47?,48-,49+,50-,51?,56?,57?,58?,59?,60?,63?,64?,65?,66-,67?,68-,69?,70-,75+,76+,77-,78?,79?/m0/s1. The SMILES string of the molecule is CCC1O[C@@H](OC2CCC3(C)C(CCC4C3CCC3(C)C4CC(=O)C3[C@H](C)C(=O)CC[C@H](C)CO[C@@H]3OC(CC)[C@H](C)[C@H](OC(=O)c4ccccc4)C3OC(=O)c3ccccc3)C2)C(C)[C@@H](C)[C@@H]1O[C@@H]1OC(C)[C@H](C)C(OC(=O)c2ccccc2)[C@@H]1OC(=O)c1ccccc1. The van der Waals surface area contributed by atoms with Crippen LogP contribution in [-0.2, 0) is 57.0 Å². The first-order chi connectivity index (χ1) is 45.6. The monoisotopic (exact) mass is 1310 g/mol.